The maximum atomic E-state index is 11.9. The fourth-order valence-corrected chi connectivity index (χ4v) is 1.38. The molecule has 0 spiro atoms. The summed E-state index contributed by atoms with van der Waals surface area (Å²) in [5, 5.41) is 8.72. The second kappa shape index (κ2) is 5.83. The van der Waals surface area contributed by atoms with E-state index >= 15 is 0 Å². The first-order chi connectivity index (χ1) is 8.04. The van der Waals surface area contributed by atoms with E-state index < -0.39 is 11.9 Å². The van der Waals surface area contributed by atoms with E-state index in [0.717, 1.165) is 0 Å². The number of rotatable bonds is 5. The minimum absolute atomic E-state index is 0.203. The number of aliphatic carboxylic acids is 1. The number of nitrogens with two attached hydrogens (primary N) is 1. The van der Waals surface area contributed by atoms with Crippen molar-refractivity contribution in [1.29, 1.82) is 0 Å². The van der Waals surface area contributed by atoms with Crippen LogP contribution in [0.4, 0.5) is 5.69 Å². The van der Waals surface area contributed by atoms with Crippen molar-refractivity contribution in [3.05, 3.63) is 24.0 Å². The second-order valence-corrected chi connectivity index (χ2v) is 3.60. The Balaban J connectivity index is 2.83. The van der Waals surface area contributed by atoms with Gasteiger partial charge in [-0.25, -0.2) is 4.98 Å². The fraction of sp³-hybridized carbons (Fsp3) is 0.364. The van der Waals surface area contributed by atoms with Gasteiger partial charge in [-0.2, -0.15) is 0 Å². The van der Waals surface area contributed by atoms with Crippen LogP contribution < -0.4 is 5.73 Å². The third-order valence-corrected chi connectivity index (χ3v) is 2.11. The number of carbonyl (C=O) groups excluding carboxylic acids is 1. The van der Waals surface area contributed by atoms with Gasteiger partial charge in [0.25, 0.3) is 5.91 Å². The molecule has 0 atom stereocenters. The third-order valence-electron chi connectivity index (χ3n) is 2.11. The van der Waals surface area contributed by atoms with Crippen LogP contribution >= 0.6 is 0 Å². The highest BCUT2D eigenvalue weighted by atomic mass is 16.4. The molecule has 0 aliphatic heterocycles. The van der Waals surface area contributed by atoms with Gasteiger partial charge in [-0.15, -0.1) is 0 Å². The third kappa shape index (κ3) is 3.75. The van der Waals surface area contributed by atoms with Gasteiger partial charge in [0.1, 0.15) is 12.2 Å². The molecule has 92 valence electrons. The van der Waals surface area contributed by atoms with Crippen molar-refractivity contribution in [3.8, 4) is 0 Å². The molecular weight excluding hydrogens is 222 g/mol. The van der Waals surface area contributed by atoms with E-state index in [1.54, 1.807) is 6.07 Å². The zero-order valence-electron chi connectivity index (χ0n) is 9.59. The average Bonchev–Trinajstić information content (AvgIpc) is 2.28. The van der Waals surface area contributed by atoms with Gasteiger partial charge in [-0.05, 0) is 18.6 Å². The number of aromatic nitrogens is 1. The minimum Gasteiger partial charge on any atom is -0.480 e. The average molecular weight is 237 g/mol. The van der Waals surface area contributed by atoms with Gasteiger partial charge in [0, 0.05) is 6.54 Å². The molecule has 6 nitrogen and oxygen atoms in total. The molecule has 0 unspecified atom stereocenters. The number of carboxylic acids is 1. The minimum atomic E-state index is -1.04. The Kier molecular flexibility index (Phi) is 4.45. The lowest BCUT2D eigenvalue weighted by atomic mass is 10.3. The van der Waals surface area contributed by atoms with E-state index in [2.05, 4.69) is 4.98 Å². The van der Waals surface area contributed by atoms with Gasteiger partial charge in [0.05, 0.1) is 11.9 Å². The summed E-state index contributed by atoms with van der Waals surface area (Å²) < 4.78 is 0. The summed E-state index contributed by atoms with van der Waals surface area (Å²) in [6, 6.07) is 3.05. The first kappa shape index (κ1) is 13.0. The Labute approximate surface area is 99.1 Å². The number of hydrogen-bond donors (Lipinski definition) is 2. The fourth-order valence-electron chi connectivity index (χ4n) is 1.38. The molecule has 0 saturated carbocycles. The normalized spacial score (nSPS) is 9.94. The lowest BCUT2D eigenvalue weighted by Crippen LogP contribution is -2.36. The van der Waals surface area contributed by atoms with Gasteiger partial charge < -0.3 is 15.7 Å². The second-order valence-electron chi connectivity index (χ2n) is 3.60. The summed E-state index contributed by atoms with van der Waals surface area (Å²) in [6.45, 7) is 1.94. The summed E-state index contributed by atoms with van der Waals surface area (Å²) >= 11 is 0. The molecule has 0 saturated heterocycles. The van der Waals surface area contributed by atoms with Crippen molar-refractivity contribution >= 4 is 17.6 Å². The number of nitrogen functional groups attached to an aromatic ring is 1. The van der Waals surface area contributed by atoms with Crippen LogP contribution in [0.25, 0.3) is 0 Å². The number of carbonyl (C=O) groups is 2. The first-order valence-electron chi connectivity index (χ1n) is 5.27. The van der Waals surface area contributed by atoms with Gasteiger partial charge >= 0.3 is 5.97 Å². The van der Waals surface area contributed by atoms with E-state index in [1.807, 2.05) is 6.92 Å². The van der Waals surface area contributed by atoms with Gasteiger partial charge in [0.15, 0.2) is 0 Å². The highest BCUT2D eigenvalue weighted by Crippen LogP contribution is 2.05. The SMILES string of the molecule is CCCN(CC(=O)O)C(=O)c1ccc(N)cn1. The number of pyridine rings is 1. The number of anilines is 1. The zero-order valence-corrected chi connectivity index (χ0v) is 9.59. The van der Waals surface area contributed by atoms with E-state index in [4.69, 9.17) is 10.8 Å². The number of nitrogens with zero attached hydrogens (tertiary/aromatic N) is 2. The Morgan fingerprint density at radius 2 is 2.18 bits per heavy atom. The summed E-state index contributed by atoms with van der Waals surface area (Å²) in [6.07, 6.45) is 2.06. The smallest absolute Gasteiger partial charge is 0.323 e. The van der Waals surface area contributed by atoms with Crippen molar-refractivity contribution in [3.63, 3.8) is 0 Å². The quantitative estimate of drug-likeness (QED) is 0.781. The molecule has 1 heterocycles. The lowest BCUT2D eigenvalue weighted by molar-refractivity contribution is -0.137. The molecule has 3 N–H and O–H groups in total. The highest BCUT2D eigenvalue weighted by Gasteiger charge is 2.18. The summed E-state index contributed by atoms with van der Waals surface area (Å²) in [5.41, 5.74) is 6.12. The molecular formula is C11H15N3O3. The van der Waals surface area contributed by atoms with E-state index in [1.165, 1.54) is 17.2 Å². The van der Waals surface area contributed by atoms with Crippen LogP contribution in [0.2, 0.25) is 0 Å². The molecule has 0 aliphatic carbocycles. The van der Waals surface area contributed by atoms with Gasteiger partial charge in [-0.3, -0.25) is 9.59 Å². The van der Waals surface area contributed by atoms with Crippen LogP contribution in [0.1, 0.15) is 23.8 Å². The molecule has 6 heteroatoms. The predicted octanol–water partition coefficient (Wildman–Crippen LogP) is 0.601. The Bertz CT molecular complexity index is 403. The van der Waals surface area contributed by atoms with Gasteiger partial charge in [-0.1, -0.05) is 6.92 Å². The molecule has 0 aromatic carbocycles. The Hall–Kier alpha value is -2.11. The molecule has 0 bridgehead atoms. The van der Waals surface area contributed by atoms with E-state index in [9.17, 15) is 9.59 Å². The molecule has 1 amide bonds. The van der Waals surface area contributed by atoms with Crippen LogP contribution in [0.15, 0.2) is 18.3 Å². The number of hydrogen-bond acceptors (Lipinski definition) is 4. The number of amides is 1. The molecule has 1 aromatic rings. The lowest BCUT2D eigenvalue weighted by Gasteiger charge is -2.19. The van der Waals surface area contributed by atoms with Crippen molar-refractivity contribution in [2.24, 2.45) is 0 Å². The van der Waals surface area contributed by atoms with Crippen molar-refractivity contribution in [2.45, 2.75) is 13.3 Å². The maximum Gasteiger partial charge on any atom is 0.323 e. The largest absolute Gasteiger partial charge is 0.480 e. The molecule has 0 aliphatic rings. The van der Waals surface area contributed by atoms with Crippen LogP contribution in [0.3, 0.4) is 0 Å². The van der Waals surface area contributed by atoms with Crippen LogP contribution in [-0.4, -0.2) is 40.0 Å². The monoisotopic (exact) mass is 237 g/mol. The summed E-state index contributed by atoms with van der Waals surface area (Å²) in [5.74, 6) is -1.43. The summed E-state index contributed by atoms with van der Waals surface area (Å²) in [4.78, 5) is 27.7. The Morgan fingerprint density at radius 1 is 1.47 bits per heavy atom. The zero-order chi connectivity index (χ0) is 12.8. The molecule has 1 rings (SSSR count). The maximum absolute atomic E-state index is 11.9. The summed E-state index contributed by atoms with van der Waals surface area (Å²) in [7, 11) is 0. The number of carboxylic acid groups (broad SMARTS) is 1. The Morgan fingerprint density at radius 3 is 2.65 bits per heavy atom. The van der Waals surface area contributed by atoms with E-state index in [-0.39, 0.29) is 12.2 Å². The molecule has 0 radical (unpaired) electrons. The molecule has 0 fully saturated rings. The molecule has 17 heavy (non-hydrogen) atoms. The van der Waals surface area contributed by atoms with Crippen molar-refractivity contribution in [2.75, 3.05) is 18.8 Å². The standard InChI is InChI=1S/C11H15N3O3/c1-2-5-14(7-10(15)16)11(17)9-4-3-8(12)6-13-9/h3-4,6H,2,5,7,12H2,1H3,(H,15,16). The first-order valence-corrected chi connectivity index (χ1v) is 5.27. The van der Waals surface area contributed by atoms with Crippen molar-refractivity contribution < 1.29 is 14.7 Å². The van der Waals surface area contributed by atoms with Gasteiger partial charge in [0.2, 0.25) is 0 Å². The van der Waals surface area contributed by atoms with Crippen LogP contribution in [0.5, 0.6) is 0 Å². The topological polar surface area (TPSA) is 96.5 Å². The molecule has 1 aromatic heterocycles. The van der Waals surface area contributed by atoms with E-state index in [0.29, 0.717) is 18.7 Å². The highest BCUT2D eigenvalue weighted by molar-refractivity contribution is 5.94. The van der Waals surface area contributed by atoms with Crippen LogP contribution in [-0.2, 0) is 4.79 Å². The van der Waals surface area contributed by atoms with Crippen molar-refractivity contribution in [1.82, 2.24) is 9.88 Å². The van der Waals surface area contributed by atoms with Crippen LogP contribution in [0, 0.1) is 0 Å². The predicted molar refractivity (Wildman–Crippen MR) is 62.5 cm³/mol.